The summed E-state index contributed by atoms with van der Waals surface area (Å²) in [6.45, 7) is 0. The maximum atomic E-state index is 11.2. The van der Waals surface area contributed by atoms with Gasteiger partial charge in [-0.3, -0.25) is 9.78 Å². The maximum Gasteiger partial charge on any atom is 0.132 e. The summed E-state index contributed by atoms with van der Waals surface area (Å²) in [5.74, 6) is 1.06. The summed E-state index contributed by atoms with van der Waals surface area (Å²) in [7, 11) is 0. The first-order valence-corrected chi connectivity index (χ1v) is 6.67. The van der Waals surface area contributed by atoms with Crippen LogP contribution in [-0.4, -0.2) is 10.8 Å². The Bertz CT molecular complexity index is 566. The predicted molar refractivity (Wildman–Crippen MR) is 72.4 cm³/mol. The number of Topliss-reactive ketones (excluding diaryl/α,β-unsaturated/α-hetero) is 1. The summed E-state index contributed by atoms with van der Waals surface area (Å²) < 4.78 is 0. The fourth-order valence-corrected chi connectivity index (χ4v) is 2.72. The Morgan fingerprint density at radius 1 is 1.06 bits per heavy atom. The summed E-state index contributed by atoms with van der Waals surface area (Å²) in [5, 5.41) is 1.19. The van der Waals surface area contributed by atoms with Gasteiger partial charge in [-0.05, 0) is 37.3 Å². The molecule has 2 nitrogen and oxygen atoms in total. The van der Waals surface area contributed by atoms with E-state index in [4.69, 9.17) is 4.98 Å². The molecule has 1 aliphatic carbocycles. The van der Waals surface area contributed by atoms with E-state index >= 15 is 0 Å². The molecule has 92 valence electrons. The van der Waals surface area contributed by atoms with Gasteiger partial charge in [-0.2, -0.15) is 0 Å². The van der Waals surface area contributed by atoms with E-state index in [2.05, 4.69) is 24.3 Å². The fraction of sp³-hybridized carbons (Fsp3) is 0.375. The zero-order valence-corrected chi connectivity index (χ0v) is 10.4. The number of ketones is 1. The van der Waals surface area contributed by atoms with E-state index in [1.807, 2.05) is 12.1 Å². The minimum atomic E-state index is 0.428. The van der Waals surface area contributed by atoms with Gasteiger partial charge in [0.15, 0.2) is 0 Å². The van der Waals surface area contributed by atoms with Crippen molar-refractivity contribution in [1.29, 1.82) is 0 Å². The maximum absolute atomic E-state index is 11.2. The summed E-state index contributed by atoms with van der Waals surface area (Å²) in [6.07, 6.45) is 4.61. The first-order chi connectivity index (χ1) is 8.81. The lowest BCUT2D eigenvalue weighted by molar-refractivity contribution is -0.121. The Morgan fingerprint density at radius 2 is 1.83 bits per heavy atom. The second-order valence-corrected chi connectivity index (χ2v) is 5.18. The molecule has 18 heavy (non-hydrogen) atoms. The van der Waals surface area contributed by atoms with E-state index < -0.39 is 0 Å². The number of para-hydroxylation sites is 1. The van der Waals surface area contributed by atoms with Crippen LogP contribution in [0.25, 0.3) is 10.9 Å². The summed E-state index contributed by atoms with van der Waals surface area (Å²) >= 11 is 0. The Labute approximate surface area is 107 Å². The highest BCUT2D eigenvalue weighted by molar-refractivity contribution is 5.79. The van der Waals surface area contributed by atoms with Gasteiger partial charge in [0.05, 0.1) is 5.52 Å². The van der Waals surface area contributed by atoms with Crippen molar-refractivity contribution in [1.82, 2.24) is 4.98 Å². The number of carbonyl (C=O) groups is 1. The van der Waals surface area contributed by atoms with Gasteiger partial charge in [0.1, 0.15) is 5.78 Å². The molecule has 0 spiro atoms. The van der Waals surface area contributed by atoms with Crippen LogP contribution in [0.2, 0.25) is 0 Å². The highest BCUT2D eigenvalue weighted by Crippen LogP contribution is 2.25. The average molecular weight is 239 g/mol. The molecule has 1 heterocycles. The third kappa shape index (κ3) is 2.42. The van der Waals surface area contributed by atoms with Crippen molar-refractivity contribution in [2.24, 2.45) is 5.92 Å². The van der Waals surface area contributed by atoms with E-state index in [1.54, 1.807) is 0 Å². The van der Waals surface area contributed by atoms with Crippen molar-refractivity contribution in [2.75, 3.05) is 0 Å². The van der Waals surface area contributed by atoms with E-state index in [9.17, 15) is 4.79 Å². The van der Waals surface area contributed by atoms with Gasteiger partial charge in [0, 0.05) is 23.9 Å². The molecule has 1 aromatic heterocycles. The highest BCUT2D eigenvalue weighted by Gasteiger charge is 2.19. The van der Waals surface area contributed by atoms with Crippen LogP contribution in [-0.2, 0) is 11.2 Å². The molecule has 3 rings (SSSR count). The summed E-state index contributed by atoms with van der Waals surface area (Å²) in [5.41, 5.74) is 2.23. The molecule has 1 aromatic carbocycles. The molecule has 1 fully saturated rings. The van der Waals surface area contributed by atoms with E-state index in [0.717, 1.165) is 43.3 Å². The lowest BCUT2D eigenvalue weighted by atomic mass is 9.85. The number of benzene rings is 1. The molecule has 2 heteroatoms. The van der Waals surface area contributed by atoms with Crippen molar-refractivity contribution in [3.63, 3.8) is 0 Å². The smallest absolute Gasteiger partial charge is 0.132 e. The molecule has 1 aliphatic rings. The standard InChI is InChI=1S/C16H17NO/c18-15-9-5-12(6-10-15)11-14-8-7-13-3-1-2-4-16(13)17-14/h1-4,7-8,12H,5-6,9-11H2. The number of nitrogens with zero attached hydrogens (tertiary/aromatic N) is 1. The molecule has 0 bridgehead atoms. The number of aromatic nitrogens is 1. The van der Waals surface area contributed by atoms with Gasteiger partial charge in [-0.15, -0.1) is 0 Å². The van der Waals surface area contributed by atoms with Crippen LogP contribution in [0.4, 0.5) is 0 Å². The third-order valence-electron chi connectivity index (χ3n) is 3.82. The molecule has 0 saturated heterocycles. The van der Waals surface area contributed by atoms with Gasteiger partial charge >= 0.3 is 0 Å². The molecule has 1 saturated carbocycles. The first-order valence-electron chi connectivity index (χ1n) is 6.67. The minimum absolute atomic E-state index is 0.428. The van der Waals surface area contributed by atoms with Crippen LogP contribution >= 0.6 is 0 Å². The fourth-order valence-electron chi connectivity index (χ4n) is 2.72. The van der Waals surface area contributed by atoms with E-state index in [-0.39, 0.29) is 0 Å². The van der Waals surface area contributed by atoms with Crippen LogP contribution in [0.3, 0.4) is 0 Å². The van der Waals surface area contributed by atoms with Gasteiger partial charge in [0.2, 0.25) is 0 Å². The highest BCUT2D eigenvalue weighted by atomic mass is 16.1. The van der Waals surface area contributed by atoms with Crippen molar-refractivity contribution in [3.8, 4) is 0 Å². The number of hydrogen-bond donors (Lipinski definition) is 0. The SMILES string of the molecule is O=C1CCC(Cc2ccc3ccccc3n2)CC1. The van der Waals surface area contributed by atoms with E-state index in [1.165, 1.54) is 5.39 Å². The lowest BCUT2D eigenvalue weighted by Gasteiger charge is -2.20. The van der Waals surface area contributed by atoms with Gasteiger partial charge in [-0.25, -0.2) is 0 Å². The molecular formula is C16H17NO. The average Bonchev–Trinajstić information content (AvgIpc) is 2.41. The van der Waals surface area contributed by atoms with Crippen molar-refractivity contribution in [3.05, 3.63) is 42.1 Å². The largest absolute Gasteiger partial charge is 0.300 e. The number of pyridine rings is 1. The monoisotopic (exact) mass is 239 g/mol. The zero-order valence-electron chi connectivity index (χ0n) is 10.4. The Kier molecular flexibility index (Phi) is 3.09. The molecule has 0 amide bonds. The van der Waals surface area contributed by atoms with Crippen molar-refractivity contribution in [2.45, 2.75) is 32.1 Å². The van der Waals surface area contributed by atoms with E-state index in [0.29, 0.717) is 11.7 Å². The van der Waals surface area contributed by atoms with Gasteiger partial charge in [-0.1, -0.05) is 24.3 Å². The molecular weight excluding hydrogens is 222 g/mol. The van der Waals surface area contributed by atoms with Crippen LogP contribution in [0.5, 0.6) is 0 Å². The van der Waals surface area contributed by atoms with Crippen molar-refractivity contribution < 1.29 is 4.79 Å². The minimum Gasteiger partial charge on any atom is -0.300 e. The quantitative estimate of drug-likeness (QED) is 0.802. The Morgan fingerprint density at radius 3 is 2.67 bits per heavy atom. The lowest BCUT2D eigenvalue weighted by Crippen LogP contribution is -2.16. The van der Waals surface area contributed by atoms with Crippen LogP contribution in [0.1, 0.15) is 31.4 Å². The Hall–Kier alpha value is -1.70. The van der Waals surface area contributed by atoms with Crippen LogP contribution < -0.4 is 0 Å². The molecule has 0 N–H and O–H groups in total. The number of fused-ring (bicyclic) bond motifs is 1. The predicted octanol–water partition coefficient (Wildman–Crippen LogP) is 3.54. The molecule has 0 unspecified atom stereocenters. The number of carbonyl (C=O) groups excluding carboxylic acids is 1. The summed E-state index contributed by atoms with van der Waals surface area (Å²) in [4.78, 5) is 15.9. The number of hydrogen-bond acceptors (Lipinski definition) is 2. The second-order valence-electron chi connectivity index (χ2n) is 5.18. The Balaban J connectivity index is 1.76. The van der Waals surface area contributed by atoms with Crippen molar-refractivity contribution >= 4 is 16.7 Å². The van der Waals surface area contributed by atoms with Crippen LogP contribution in [0, 0.1) is 5.92 Å². The molecule has 2 aromatic rings. The third-order valence-corrected chi connectivity index (χ3v) is 3.82. The second kappa shape index (κ2) is 4.89. The topological polar surface area (TPSA) is 30.0 Å². The summed E-state index contributed by atoms with van der Waals surface area (Å²) in [6, 6.07) is 12.5. The normalized spacial score (nSPS) is 17.2. The van der Waals surface area contributed by atoms with Crippen LogP contribution in [0.15, 0.2) is 36.4 Å². The number of rotatable bonds is 2. The molecule has 0 aliphatic heterocycles. The van der Waals surface area contributed by atoms with Gasteiger partial charge < -0.3 is 0 Å². The molecule has 0 atom stereocenters. The molecule has 0 radical (unpaired) electrons. The first kappa shape index (κ1) is 11.4. The van der Waals surface area contributed by atoms with Gasteiger partial charge in [0.25, 0.3) is 0 Å². The zero-order chi connectivity index (χ0) is 12.4.